The summed E-state index contributed by atoms with van der Waals surface area (Å²) in [5.74, 6) is -3.74. The summed E-state index contributed by atoms with van der Waals surface area (Å²) in [6, 6.07) is 4.80. The van der Waals surface area contributed by atoms with E-state index in [1.165, 1.54) is 18.2 Å². The smallest absolute Gasteiger partial charge is 0.471 e. The van der Waals surface area contributed by atoms with E-state index in [1.807, 2.05) is 0 Å². The van der Waals surface area contributed by atoms with E-state index in [2.05, 4.69) is 0 Å². The number of nitrogens with one attached hydrogen (secondary N) is 1. The molecule has 100 valence electrons. The van der Waals surface area contributed by atoms with Gasteiger partial charge in [0, 0.05) is 11.1 Å². The molecule has 0 fully saturated rings. The summed E-state index contributed by atoms with van der Waals surface area (Å²) < 4.78 is 41.1. The second kappa shape index (κ2) is 4.30. The van der Waals surface area contributed by atoms with Crippen LogP contribution in [-0.4, -0.2) is 23.2 Å². The largest absolute Gasteiger partial charge is 0.475 e. The van der Waals surface area contributed by atoms with E-state index < -0.39 is 18.1 Å². The molecule has 5 nitrogen and oxygen atoms in total. The molecular weight excluding hydrogens is 267 g/mol. The number of carbonyl (C=O) groups excluding carboxylic acids is 1. The maximum atomic E-state index is 12.1. The van der Waals surface area contributed by atoms with Gasteiger partial charge in [0.25, 0.3) is 0 Å². The molecule has 0 unspecified atom stereocenters. The predicted octanol–water partition coefficient (Wildman–Crippen LogP) is 2.63. The zero-order chi connectivity index (χ0) is 14.2. The van der Waals surface area contributed by atoms with Gasteiger partial charge in [-0.15, -0.1) is 0 Å². The summed E-state index contributed by atoms with van der Waals surface area (Å²) >= 11 is 0. The topological polar surface area (TPSA) is 79.5 Å². The molecule has 19 heavy (non-hydrogen) atoms. The number of carboxylic acids is 1. The molecule has 0 aliphatic rings. The molecule has 2 aromatic rings. The lowest BCUT2D eigenvalue weighted by Crippen LogP contribution is -2.29. The van der Waals surface area contributed by atoms with Gasteiger partial charge in [-0.25, -0.2) is 4.79 Å². The highest BCUT2D eigenvalue weighted by Gasteiger charge is 2.38. The number of hydrogen-bond acceptors (Lipinski definition) is 3. The second-order valence-corrected chi connectivity index (χ2v) is 3.62. The third-order valence-corrected chi connectivity index (χ3v) is 2.24. The fourth-order valence-corrected chi connectivity index (χ4v) is 1.43. The Bertz CT molecular complexity index is 659. The molecule has 8 heteroatoms. The first-order valence-corrected chi connectivity index (χ1v) is 4.92. The normalized spacial score (nSPS) is 11.5. The van der Waals surface area contributed by atoms with Crippen molar-refractivity contribution < 1.29 is 32.3 Å². The van der Waals surface area contributed by atoms with Crippen LogP contribution in [0.1, 0.15) is 10.6 Å². The van der Waals surface area contributed by atoms with Crippen LogP contribution in [0.5, 0.6) is 0 Å². The van der Waals surface area contributed by atoms with E-state index in [4.69, 9.17) is 9.52 Å². The number of amides is 1. The van der Waals surface area contributed by atoms with Gasteiger partial charge >= 0.3 is 18.1 Å². The summed E-state index contributed by atoms with van der Waals surface area (Å²) in [6.07, 6.45) is -4.99. The molecule has 0 bridgehead atoms. The number of hydrogen-bond donors (Lipinski definition) is 2. The van der Waals surface area contributed by atoms with Gasteiger partial charge in [-0.05, 0) is 24.3 Å². The van der Waals surface area contributed by atoms with E-state index in [0.29, 0.717) is 0 Å². The third kappa shape index (κ3) is 2.67. The zero-order valence-electron chi connectivity index (χ0n) is 9.12. The van der Waals surface area contributed by atoms with E-state index >= 15 is 0 Å². The van der Waals surface area contributed by atoms with Crippen LogP contribution in [0, 0.1) is 0 Å². The Hall–Kier alpha value is -2.51. The zero-order valence-corrected chi connectivity index (χ0v) is 9.12. The Kier molecular flexibility index (Phi) is 2.93. The minimum absolute atomic E-state index is 0.104. The van der Waals surface area contributed by atoms with Gasteiger partial charge in [-0.1, -0.05) is 0 Å². The van der Waals surface area contributed by atoms with Crippen molar-refractivity contribution in [2.75, 3.05) is 5.32 Å². The molecule has 0 saturated heterocycles. The average molecular weight is 273 g/mol. The van der Waals surface area contributed by atoms with Crippen LogP contribution in [-0.2, 0) is 4.79 Å². The molecule has 1 heterocycles. The fraction of sp³-hybridized carbons (Fsp3) is 0.0909. The van der Waals surface area contributed by atoms with Gasteiger partial charge in [-0.2, -0.15) is 13.2 Å². The lowest BCUT2D eigenvalue weighted by Gasteiger charge is -2.07. The van der Waals surface area contributed by atoms with Crippen LogP contribution in [0.3, 0.4) is 0 Å². The number of halogens is 3. The Morgan fingerprint density at radius 3 is 2.47 bits per heavy atom. The summed E-state index contributed by atoms with van der Waals surface area (Å²) in [4.78, 5) is 21.4. The molecule has 1 aromatic heterocycles. The first-order chi connectivity index (χ1) is 8.77. The van der Waals surface area contributed by atoms with Gasteiger partial charge in [0.1, 0.15) is 5.58 Å². The van der Waals surface area contributed by atoms with Gasteiger partial charge in [0.2, 0.25) is 5.76 Å². The third-order valence-electron chi connectivity index (χ3n) is 2.24. The van der Waals surface area contributed by atoms with Gasteiger partial charge in [0.05, 0.1) is 0 Å². The van der Waals surface area contributed by atoms with Crippen molar-refractivity contribution in [3.8, 4) is 0 Å². The van der Waals surface area contributed by atoms with Crippen LogP contribution in [0.2, 0.25) is 0 Å². The highest BCUT2D eigenvalue weighted by molar-refractivity contribution is 5.98. The Morgan fingerprint density at radius 2 is 1.89 bits per heavy atom. The van der Waals surface area contributed by atoms with E-state index in [-0.39, 0.29) is 22.4 Å². The molecule has 0 spiro atoms. The minimum atomic E-state index is -4.99. The molecule has 1 amide bonds. The predicted molar refractivity (Wildman–Crippen MR) is 57.9 cm³/mol. The van der Waals surface area contributed by atoms with Gasteiger partial charge < -0.3 is 14.8 Å². The molecule has 0 radical (unpaired) electrons. The molecule has 0 aliphatic heterocycles. The van der Waals surface area contributed by atoms with Crippen molar-refractivity contribution in [2.24, 2.45) is 0 Å². The number of rotatable bonds is 2. The maximum Gasteiger partial charge on any atom is 0.471 e. The highest BCUT2D eigenvalue weighted by atomic mass is 19.4. The molecule has 2 rings (SSSR count). The molecule has 0 aliphatic carbocycles. The molecular formula is C11H6F3NO4. The summed E-state index contributed by atoms with van der Waals surface area (Å²) in [5.41, 5.74) is 0.0926. The van der Waals surface area contributed by atoms with Gasteiger partial charge in [0.15, 0.2) is 0 Å². The number of carbonyl (C=O) groups is 2. The lowest BCUT2D eigenvalue weighted by atomic mass is 10.2. The number of aromatic carboxylic acids is 1. The Labute approximate surface area is 103 Å². The number of anilines is 1. The summed E-state index contributed by atoms with van der Waals surface area (Å²) in [6.45, 7) is 0. The van der Waals surface area contributed by atoms with E-state index in [0.717, 1.165) is 6.07 Å². The van der Waals surface area contributed by atoms with Crippen molar-refractivity contribution in [1.29, 1.82) is 0 Å². The molecule has 1 aromatic carbocycles. The van der Waals surface area contributed by atoms with Crippen molar-refractivity contribution in [2.45, 2.75) is 6.18 Å². The quantitative estimate of drug-likeness (QED) is 0.881. The molecule has 0 atom stereocenters. The monoisotopic (exact) mass is 273 g/mol. The van der Waals surface area contributed by atoms with Crippen LogP contribution in [0.15, 0.2) is 28.7 Å². The van der Waals surface area contributed by atoms with Crippen molar-refractivity contribution in [3.05, 3.63) is 30.0 Å². The lowest BCUT2D eigenvalue weighted by molar-refractivity contribution is -0.167. The Balaban J connectivity index is 2.31. The maximum absolute atomic E-state index is 12.1. The van der Waals surface area contributed by atoms with Gasteiger partial charge in [-0.3, -0.25) is 4.79 Å². The summed E-state index contributed by atoms with van der Waals surface area (Å²) in [5, 5.41) is 10.6. The van der Waals surface area contributed by atoms with Crippen LogP contribution in [0.25, 0.3) is 11.0 Å². The van der Waals surface area contributed by atoms with E-state index in [1.54, 1.807) is 5.32 Å². The summed E-state index contributed by atoms with van der Waals surface area (Å²) in [7, 11) is 0. The number of benzene rings is 1. The SMILES string of the molecule is O=C(O)c1cc2cc(NC(=O)C(F)(F)F)ccc2o1. The number of furan rings is 1. The number of fused-ring (bicyclic) bond motifs is 1. The van der Waals surface area contributed by atoms with Crippen molar-refractivity contribution in [1.82, 2.24) is 0 Å². The standard InChI is InChI=1S/C11H6F3NO4/c12-11(13,14)10(18)15-6-1-2-7-5(3-6)4-8(19-7)9(16)17/h1-4H,(H,15,18)(H,16,17). The van der Waals surface area contributed by atoms with Crippen LogP contribution >= 0.6 is 0 Å². The van der Waals surface area contributed by atoms with E-state index in [9.17, 15) is 22.8 Å². The first kappa shape index (κ1) is 12.9. The Morgan fingerprint density at radius 1 is 1.21 bits per heavy atom. The van der Waals surface area contributed by atoms with Crippen molar-refractivity contribution in [3.63, 3.8) is 0 Å². The molecule has 0 saturated carbocycles. The highest BCUT2D eigenvalue weighted by Crippen LogP contribution is 2.24. The van der Waals surface area contributed by atoms with Crippen LogP contribution in [0.4, 0.5) is 18.9 Å². The first-order valence-electron chi connectivity index (χ1n) is 4.92. The average Bonchev–Trinajstić information content (AvgIpc) is 2.70. The van der Waals surface area contributed by atoms with Crippen LogP contribution < -0.4 is 5.32 Å². The minimum Gasteiger partial charge on any atom is -0.475 e. The van der Waals surface area contributed by atoms with Crippen molar-refractivity contribution >= 4 is 28.5 Å². The molecule has 2 N–H and O–H groups in total. The number of alkyl halides is 3. The fourth-order valence-electron chi connectivity index (χ4n) is 1.43. The second-order valence-electron chi connectivity index (χ2n) is 3.62. The number of carboxylic acid groups (broad SMARTS) is 1.